The molecule has 0 unspecified atom stereocenters. The molecule has 0 saturated carbocycles. The van der Waals surface area contributed by atoms with Crippen LogP contribution in [-0.2, 0) is 0 Å². The van der Waals surface area contributed by atoms with Crippen molar-refractivity contribution < 1.29 is 22.7 Å². The lowest BCUT2D eigenvalue weighted by molar-refractivity contribution is 0.146. The van der Waals surface area contributed by atoms with Crippen LogP contribution in [-0.4, -0.2) is 31.2 Å². The Kier molecular flexibility index (Phi) is 5.21. The molecule has 0 aromatic heterocycles. The van der Waals surface area contributed by atoms with E-state index in [-0.39, 0.29) is 17.9 Å². The smallest absolute Gasteiger partial charge is 0.265 e. The van der Waals surface area contributed by atoms with Crippen LogP contribution in [0.25, 0.3) is 0 Å². The Morgan fingerprint density at radius 2 is 1.89 bits per heavy atom. The van der Waals surface area contributed by atoms with Gasteiger partial charge in [-0.1, -0.05) is 0 Å². The molecular formula is C11H14F4N2O. The van der Waals surface area contributed by atoms with Gasteiger partial charge < -0.3 is 15.7 Å². The molecule has 0 bridgehead atoms. The van der Waals surface area contributed by atoms with Crippen LogP contribution in [0.2, 0.25) is 0 Å². The first-order chi connectivity index (χ1) is 8.45. The lowest BCUT2D eigenvalue weighted by atomic mass is 10.1. The number of aliphatic hydroxyl groups excluding tert-OH is 1. The maximum atomic E-state index is 12.8. The zero-order valence-electron chi connectivity index (χ0n) is 9.49. The van der Waals surface area contributed by atoms with Gasteiger partial charge in [-0.05, 0) is 18.2 Å². The minimum Gasteiger partial charge on any atom is -0.399 e. The summed E-state index contributed by atoms with van der Waals surface area (Å²) in [5.41, 5.74) is 5.08. The summed E-state index contributed by atoms with van der Waals surface area (Å²) in [6.07, 6.45) is -5.50. The Morgan fingerprint density at radius 3 is 2.39 bits per heavy atom. The minimum atomic E-state index is -2.82. The minimum absolute atomic E-state index is 0.0337. The van der Waals surface area contributed by atoms with Crippen molar-refractivity contribution in [3.8, 4) is 0 Å². The molecule has 0 fully saturated rings. The second kappa shape index (κ2) is 6.44. The largest absolute Gasteiger partial charge is 0.399 e. The fourth-order valence-corrected chi connectivity index (χ4v) is 1.63. The van der Waals surface area contributed by atoms with Gasteiger partial charge in [-0.15, -0.1) is 0 Å². The lowest BCUT2D eigenvalue weighted by Crippen LogP contribution is -2.32. The van der Waals surface area contributed by atoms with Gasteiger partial charge in [0.2, 0.25) is 0 Å². The average molecular weight is 266 g/mol. The van der Waals surface area contributed by atoms with E-state index in [0.29, 0.717) is 0 Å². The van der Waals surface area contributed by atoms with Gasteiger partial charge in [0.1, 0.15) is 0 Å². The van der Waals surface area contributed by atoms with E-state index in [2.05, 4.69) is 0 Å². The Hall–Kier alpha value is -1.50. The van der Waals surface area contributed by atoms with Crippen LogP contribution in [0.1, 0.15) is 12.0 Å². The number of nitrogens with two attached hydrogens (primary N) is 1. The number of aliphatic hydroxyl groups is 1. The van der Waals surface area contributed by atoms with Crippen molar-refractivity contribution in [1.29, 1.82) is 0 Å². The molecular weight excluding hydrogens is 252 g/mol. The molecule has 1 aromatic rings. The molecule has 1 aromatic carbocycles. The summed E-state index contributed by atoms with van der Waals surface area (Å²) in [4.78, 5) is 1.02. The normalized spacial score (nSPS) is 11.3. The molecule has 102 valence electrons. The van der Waals surface area contributed by atoms with Crippen molar-refractivity contribution >= 4 is 11.4 Å². The number of halogens is 4. The quantitative estimate of drug-likeness (QED) is 0.613. The van der Waals surface area contributed by atoms with E-state index >= 15 is 0 Å². The van der Waals surface area contributed by atoms with Gasteiger partial charge in [0.25, 0.3) is 12.9 Å². The Balaban J connectivity index is 3.09. The molecule has 0 atom stereocenters. The van der Waals surface area contributed by atoms with Gasteiger partial charge in [0.15, 0.2) is 0 Å². The van der Waals surface area contributed by atoms with Crippen molar-refractivity contribution in [2.24, 2.45) is 0 Å². The van der Waals surface area contributed by atoms with Crippen LogP contribution in [0.15, 0.2) is 18.2 Å². The number of rotatable bonds is 6. The monoisotopic (exact) mass is 266 g/mol. The molecule has 7 heteroatoms. The second-order valence-corrected chi connectivity index (χ2v) is 3.68. The van der Waals surface area contributed by atoms with E-state index in [0.717, 1.165) is 11.0 Å². The Labute approximate surface area is 102 Å². The molecule has 0 aliphatic rings. The maximum Gasteiger partial charge on any atom is 0.265 e. The maximum absolute atomic E-state index is 12.8. The first-order valence-electron chi connectivity index (χ1n) is 5.27. The third-order valence-corrected chi connectivity index (χ3v) is 2.36. The number of hydrogen-bond donors (Lipinski definition) is 2. The predicted octanol–water partition coefficient (Wildman–Crippen LogP) is 2.27. The van der Waals surface area contributed by atoms with E-state index < -0.39 is 31.6 Å². The Morgan fingerprint density at radius 1 is 1.22 bits per heavy atom. The first-order valence-corrected chi connectivity index (χ1v) is 5.27. The number of nitrogen functional groups attached to an aromatic ring is 1. The highest BCUT2D eigenvalue weighted by Gasteiger charge is 2.20. The number of hydrogen-bond acceptors (Lipinski definition) is 3. The standard InChI is InChI=1S/C11H14F4N2O/c12-10(13)6-17(3-4-18)9-2-1-7(16)5-8(9)11(14)15/h1-2,5,10-11,18H,3-4,6,16H2. The van der Waals surface area contributed by atoms with Gasteiger partial charge in [0, 0.05) is 23.5 Å². The highest BCUT2D eigenvalue weighted by atomic mass is 19.3. The fourth-order valence-electron chi connectivity index (χ4n) is 1.63. The Bertz CT molecular complexity index is 387. The van der Waals surface area contributed by atoms with Crippen molar-refractivity contribution in [3.63, 3.8) is 0 Å². The van der Waals surface area contributed by atoms with Gasteiger partial charge in [-0.25, -0.2) is 17.6 Å². The zero-order chi connectivity index (χ0) is 13.7. The van der Waals surface area contributed by atoms with Crippen molar-refractivity contribution in [3.05, 3.63) is 23.8 Å². The molecule has 0 radical (unpaired) electrons. The fraction of sp³-hybridized carbons (Fsp3) is 0.455. The number of nitrogens with zero attached hydrogens (tertiary/aromatic N) is 1. The summed E-state index contributed by atoms with van der Waals surface area (Å²) < 4.78 is 50.4. The van der Waals surface area contributed by atoms with Gasteiger partial charge in [0.05, 0.1) is 13.2 Å². The number of alkyl halides is 4. The molecule has 1 rings (SSSR count). The van der Waals surface area contributed by atoms with Crippen molar-refractivity contribution in [2.45, 2.75) is 12.9 Å². The topological polar surface area (TPSA) is 49.5 Å². The predicted molar refractivity (Wildman–Crippen MR) is 61.1 cm³/mol. The molecule has 0 saturated heterocycles. The highest BCUT2D eigenvalue weighted by Crippen LogP contribution is 2.31. The van der Waals surface area contributed by atoms with Gasteiger partial charge >= 0.3 is 0 Å². The molecule has 0 aliphatic heterocycles. The molecule has 18 heavy (non-hydrogen) atoms. The summed E-state index contributed by atoms with van der Waals surface area (Å²) >= 11 is 0. The van der Waals surface area contributed by atoms with Crippen LogP contribution in [0.4, 0.5) is 28.9 Å². The van der Waals surface area contributed by atoms with Crippen LogP contribution < -0.4 is 10.6 Å². The number of benzene rings is 1. The zero-order valence-corrected chi connectivity index (χ0v) is 9.49. The van der Waals surface area contributed by atoms with E-state index in [1.54, 1.807) is 0 Å². The summed E-state index contributed by atoms with van der Waals surface area (Å²) in [5, 5.41) is 8.80. The molecule has 0 spiro atoms. The van der Waals surface area contributed by atoms with E-state index in [9.17, 15) is 17.6 Å². The molecule has 0 amide bonds. The summed E-state index contributed by atoms with van der Waals surface area (Å²) in [6.45, 7) is -1.27. The van der Waals surface area contributed by atoms with Crippen LogP contribution in [0.3, 0.4) is 0 Å². The van der Waals surface area contributed by atoms with Crippen LogP contribution in [0.5, 0.6) is 0 Å². The summed E-state index contributed by atoms with van der Waals surface area (Å²) in [7, 11) is 0. The van der Waals surface area contributed by atoms with E-state index in [1.807, 2.05) is 0 Å². The van der Waals surface area contributed by atoms with Crippen LogP contribution >= 0.6 is 0 Å². The van der Waals surface area contributed by atoms with Crippen molar-refractivity contribution in [2.75, 3.05) is 30.3 Å². The van der Waals surface area contributed by atoms with Crippen LogP contribution in [0, 0.1) is 0 Å². The SMILES string of the molecule is Nc1ccc(N(CCO)CC(F)F)c(C(F)F)c1. The average Bonchev–Trinajstić information content (AvgIpc) is 2.27. The third-order valence-electron chi connectivity index (χ3n) is 2.36. The number of anilines is 2. The van der Waals surface area contributed by atoms with E-state index in [1.165, 1.54) is 12.1 Å². The van der Waals surface area contributed by atoms with Gasteiger partial charge in [-0.2, -0.15) is 0 Å². The van der Waals surface area contributed by atoms with E-state index in [4.69, 9.17) is 10.8 Å². The van der Waals surface area contributed by atoms with Crippen molar-refractivity contribution in [1.82, 2.24) is 0 Å². The lowest BCUT2D eigenvalue weighted by Gasteiger charge is -2.26. The summed E-state index contributed by atoms with van der Waals surface area (Å²) in [5.74, 6) is 0. The first kappa shape index (κ1) is 14.6. The molecule has 3 nitrogen and oxygen atoms in total. The summed E-state index contributed by atoms with van der Waals surface area (Å²) in [6, 6.07) is 3.67. The molecule has 3 N–H and O–H groups in total. The molecule has 0 aliphatic carbocycles. The molecule has 0 heterocycles. The van der Waals surface area contributed by atoms with Gasteiger partial charge in [-0.3, -0.25) is 0 Å². The third kappa shape index (κ3) is 3.76. The second-order valence-electron chi connectivity index (χ2n) is 3.68. The highest BCUT2D eigenvalue weighted by molar-refractivity contribution is 5.60.